The second kappa shape index (κ2) is 6.34. The van der Waals surface area contributed by atoms with Crippen LogP contribution >= 0.6 is 11.3 Å². The Hall–Kier alpha value is -1.76. The molecule has 3 nitrogen and oxygen atoms in total. The first-order valence-electron chi connectivity index (χ1n) is 6.31. The number of hydrogen-bond acceptors (Lipinski definition) is 4. The summed E-state index contributed by atoms with van der Waals surface area (Å²) in [7, 11) is 0. The molecule has 1 aromatic carbocycles. The Bertz CT molecular complexity index is 581. The van der Waals surface area contributed by atoms with Gasteiger partial charge in [0.15, 0.2) is 6.61 Å². The topological polar surface area (TPSA) is 34.2 Å². The summed E-state index contributed by atoms with van der Waals surface area (Å²) in [4.78, 5) is 5.32. The highest BCUT2D eigenvalue weighted by atomic mass is 32.1. The van der Waals surface area contributed by atoms with Crippen LogP contribution < -0.4 is 10.1 Å². The third-order valence-electron chi connectivity index (χ3n) is 2.82. The summed E-state index contributed by atoms with van der Waals surface area (Å²) in [5.74, 6) is 0.194. The molecule has 0 saturated heterocycles. The molecule has 0 amide bonds. The Kier molecular flexibility index (Phi) is 4.72. The molecule has 2 aromatic rings. The maximum absolute atomic E-state index is 12.0. The largest absolute Gasteiger partial charge is 0.484 e. The van der Waals surface area contributed by atoms with E-state index in [4.69, 9.17) is 0 Å². The van der Waals surface area contributed by atoms with Gasteiger partial charge in [0, 0.05) is 10.6 Å². The number of halogens is 3. The van der Waals surface area contributed by atoms with Gasteiger partial charge in [-0.2, -0.15) is 13.2 Å². The van der Waals surface area contributed by atoms with Crippen LogP contribution in [0.4, 0.5) is 18.9 Å². The number of alkyl halides is 3. The number of thiazole rings is 1. The Morgan fingerprint density at radius 3 is 2.48 bits per heavy atom. The average Bonchev–Trinajstić information content (AvgIpc) is 2.83. The summed E-state index contributed by atoms with van der Waals surface area (Å²) < 4.78 is 40.8. The van der Waals surface area contributed by atoms with Crippen LogP contribution in [0.25, 0.3) is 0 Å². The van der Waals surface area contributed by atoms with Crippen LogP contribution in [0.2, 0.25) is 0 Å². The van der Waals surface area contributed by atoms with E-state index in [9.17, 15) is 13.2 Å². The van der Waals surface area contributed by atoms with Crippen molar-refractivity contribution in [3.05, 3.63) is 40.3 Å². The molecule has 1 aromatic heterocycles. The van der Waals surface area contributed by atoms with E-state index >= 15 is 0 Å². The van der Waals surface area contributed by atoms with Crippen LogP contribution in [0.5, 0.6) is 5.75 Å². The molecule has 0 fully saturated rings. The standard InChI is InChI=1S/C14H15F3N2OS/c1-9-13(21-8-18-9)10(2)19-11-3-5-12(6-4-11)20-7-14(15,16)17/h3-6,8,10,19H,7H2,1-2H3. The van der Waals surface area contributed by atoms with E-state index in [0.29, 0.717) is 0 Å². The maximum atomic E-state index is 12.0. The van der Waals surface area contributed by atoms with Gasteiger partial charge in [-0.3, -0.25) is 0 Å². The quantitative estimate of drug-likeness (QED) is 0.877. The summed E-state index contributed by atoms with van der Waals surface area (Å²) in [5, 5.41) is 3.28. The molecule has 1 atom stereocenters. The van der Waals surface area contributed by atoms with Crippen LogP contribution in [0, 0.1) is 6.92 Å². The number of ether oxygens (including phenoxy) is 1. The highest BCUT2D eigenvalue weighted by molar-refractivity contribution is 7.09. The summed E-state index contributed by atoms with van der Waals surface area (Å²) in [6.07, 6.45) is -4.32. The van der Waals surface area contributed by atoms with Crippen molar-refractivity contribution in [1.82, 2.24) is 4.98 Å². The first kappa shape index (κ1) is 15.6. The number of hydrogen-bond donors (Lipinski definition) is 1. The maximum Gasteiger partial charge on any atom is 0.422 e. The predicted molar refractivity (Wildman–Crippen MR) is 76.9 cm³/mol. The molecule has 2 rings (SSSR count). The van der Waals surface area contributed by atoms with Gasteiger partial charge in [-0.25, -0.2) is 4.98 Å². The van der Waals surface area contributed by atoms with Crippen molar-refractivity contribution in [3.8, 4) is 5.75 Å². The molecule has 0 aliphatic heterocycles. The molecule has 114 valence electrons. The van der Waals surface area contributed by atoms with Gasteiger partial charge in [0.1, 0.15) is 5.75 Å². The fourth-order valence-electron chi connectivity index (χ4n) is 1.85. The molecule has 0 aliphatic carbocycles. The summed E-state index contributed by atoms with van der Waals surface area (Å²) >= 11 is 1.57. The van der Waals surface area contributed by atoms with Gasteiger partial charge in [0.05, 0.1) is 17.2 Å². The number of nitrogens with one attached hydrogen (secondary N) is 1. The van der Waals surface area contributed by atoms with Crippen molar-refractivity contribution in [2.75, 3.05) is 11.9 Å². The molecule has 0 radical (unpaired) electrons. The van der Waals surface area contributed by atoms with Crippen LogP contribution in [-0.4, -0.2) is 17.8 Å². The Balaban J connectivity index is 1.95. The van der Waals surface area contributed by atoms with Gasteiger partial charge >= 0.3 is 6.18 Å². The van der Waals surface area contributed by atoms with E-state index < -0.39 is 12.8 Å². The van der Waals surface area contributed by atoms with Gasteiger partial charge in [0.2, 0.25) is 0 Å². The molecule has 7 heteroatoms. The van der Waals surface area contributed by atoms with Crippen LogP contribution in [0.3, 0.4) is 0 Å². The lowest BCUT2D eigenvalue weighted by Crippen LogP contribution is -2.19. The number of rotatable bonds is 5. The van der Waals surface area contributed by atoms with Gasteiger partial charge in [-0.1, -0.05) is 0 Å². The van der Waals surface area contributed by atoms with E-state index in [0.717, 1.165) is 16.3 Å². The smallest absolute Gasteiger partial charge is 0.422 e. The van der Waals surface area contributed by atoms with Crippen LogP contribution in [-0.2, 0) is 0 Å². The molecule has 1 N–H and O–H groups in total. The molecule has 0 aliphatic rings. The van der Waals surface area contributed by atoms with E-state index in [1.807, 2.05) is 13.8 Å². The Morgan fingerprint density at radius 2 is 1.95 bits per heavy atom. The van der Waals surface area contributed by atoms with Crippen molar-refractivity contribution >= 4 is 17.0 Å². The lowest BCUT2D eigenvalue weighted by molar-refractivity contribution is -0.153. The van der Waals surface area contributed by atoms with E-state index in [-0.39, 0.29) is 11.8 Å². The zero-order valence-electron chi connectivity index (χ0n) is 11.6. The number of anilines is 1. The lowest BCUT2D eigenvalue weighted by atomic mass is 10.2. The van der Waals surface area contributed by atoms with Crippen molar-refractivity contribution in [2.45, 2.75) is 26.1 Å². The molecule has 0 bridgehead atoms. The number of aryl methyl sites for hydroxylation is 1. The van der Waals surface area contributed by atoms with Crippen LogP contribution in [0.1, 0.15) is 23.5 Å². The zero-order valence-corrected chi connectivity index (χ0v) is 12.4. The van der Waals surface area contributed by atoms with E-state index in [1.54, 1.807) is 29.0 Å². The third kappa shape index (κ3) is 4.63. The fraction of sp³-hybridized carbons (Fsp3) is 0.357. The van der Waals surface area contributed by atoms with Crippen molar-refractivity contribution < 1.29 is 17.9 Å². The molecule has 0 saturated carbocycles. The summed E-state index contributed by atoms with van der Waals surface area (Å²) in [6.45, 7) is 2.67. The first-order chi connectivity index (χ1) is 9.85. The average molecular weight is 316 g/mol. The van der Waals surface area contributed by atoms with Gasteiger partial charge in [-0.05, 0) is 38.1 Å². The van der Waals surface area contributed by atoms with E-state index in [2.05, 4.69) is 15.0 Å². The molecular weight excluding hydrogens is 301 g/mol. The van der Waals surface area contributed by atoms with E-state index in [1.165, 1.54) is 12.1 Å². The summed E-state index contributed by atoms with van der Waals surface area (Å²) in [6, 6.07) is 6.50. The zero-order chi connectivity index (χ0) is 15.5. The minimum Gasteiger partial charge on any atom is -0.484 e. The highest BCUT2D eigenvalue weighted by Crippen LogP contribution is 2.26. The number of aromatic nitrogens is 1. The fourth-order valence-corrected chi connectivity index (χ4v) is 2.67. The second-order valence-corrected chi connectivity index (χ2v) is 5.48. The Labute approximate surface area is 124 Å². The van der Waals surface area contributed by atoms with Gasteiger partial charge in [-0.15, -0.1) is 11.3 Å². The molecular formula is C14H15F3N2OS. The molecule has 21 heavy (non-hydrogen) atoms. The number of benzene rings is 1. The molecule has 0 spiro atoms. The molecule has 1 unspecified atom stereocenters. The number of nitrogens with zero attached hydrogens (tertiary/aromatic N) is 1. The normalized spacial score (nSPS) is 13.0. The van der Waals surface area contributed by atoms with Crippen LogP contribution in [0.15, 0.2) is 29.8 Å². The van der Waals surface area contributed by atoms with Gasteiger partial charge < -0.3 is 10.1 Å². The van der Waals surface area contributed by atoms with Gasteiger partial charge in [0.25, 0.3) is 0 Å². The lowest BCUT2D eigenvalue weighted by Gasteiger charge is -2.15. The Morgan fingerprint density at radius 1 is 1.29 bits per heavy atom. The minimum absolute atomic E-state index is 0.0828. The monoisotopic (exact) mass is 316 g/mol. The second-order valence-electron chi connectivity index (χ2n) is 4.60. The first-order valence-corrected chi connectivity index (χ1v) is 7.19. The van der Waals surface area contributed by atoms with Crippen molar-refractivity contribution in [1.29, 1.82) is 0 Å². The van der Waals surface area contributed by atoms with Crippen molar-refractivity contribution in [3.63, 3.8) is 0 Å². The minimum atomic E-state index is -4.32. The predicted octanol–water partition coefficient (Wildman–Crippen LogP) is 4.57. The van der Waals surface area contributed by atoms with Crippen molar-refractivity contribution in [2.24, 2.45) is 0 Å². The highest BCUT2D eigenvalue weighted by Gasteiger charge is 2.28. The molecule has 1 heterocycles. The third-order valence-corrected chi connectivity index (χ3v) is 3.93. The SMILES string of the molecule is Cc1ncsc1C(C)Nc1ccc(OCC(F)(F)F)cc1. The summed E-state index contributed by atoms with van der Waals surface area (Å²) in [5.41, 5.74) is 3.58.